The third-order valence-corrected chi connectivity index (χ3v) is 5.70. The van der Waals surface area contributed by atoms with Gasteiger partial charge in [-0.25, -0.2) is 4.39 Å². The van der Waals surface area contributed by atoms with Crippen molar-refractivity contribution in [2.24, 2.45) is 5.92 Å². The molecule has 27 heavy (non-hydrogen) atoms. The number of benzene rings is 2. The molecule has 0 aromatic heterocycles. The topological polar surface area (TPSA) is 50.4 Å². The highest BCUT2D eigenvalue weighted by Gasteiger charge is 2.43. The Morgan fingerprint density at radius 3 is 2.74 bits per heavy atom. The molecule has 4 unspecified atom stereocenters. The van der Waals surface area contributed by atoms with Gasteiger partial charge in [-0.15, -0.1) is 12.4 Å². The van der Waals surface area contributed by atoms with Gasteiger partial charge in [-0.2, -0.15) is 0 Å². The van der Waals surface area contributed by atoms with E-state index < -0.39 is 12.0 Å². The maximum absolute atomic E-state index is 13.4. The molecule has 1 amide bonds. The molecular formula is C21H24ClFN2O2. The summed E-state index contributed by atoms with van der Waals surface area (Å²) in [6.07, 6.45) is 0.292. The predicted molar refractivity (Wildman–Crippen MR) is 105 cm³/mol. The highest BCUT2D eigenvalue weighted by atomic mass is 35.5. The van der Waals surface area contributed by atoms with Crippen LogP contribution < -0.4 is 10.6 Å². The van der Waals surface area contributed by atoms with Gasteiger partial charge in [0.15, 0.2) is 0 Å². The van der Waals surface area contributed by atoms with Gasteiger partial charge >= 0.3 is 0 Å². The lowest BCUT2D eigenvalue weighted by atomic mass is 9.86. The van der Waals surface area contributed by atoms with Crippen molar-refractivity contribution >= 4 is 18.3 Å². The highest BCUT2D eigenvalue weighted by molar-refractivity contribution is 5.94. The molecule has 4 atom stereocenters. The fourth-order valence-electron chi connectivity index (χ4n) is 4.49. The van der Waals surface area contributed by atoms with Crippen molar-refractivity contribution in [1.82, 2.24) is 10.6 Å². The Balaban J connectivity index is 0.00000210. The second-order valence-corrected chi connectivity index (χ2v) is 7.11. The molecule has 0 bridgehead atoms. The highest BCUT2D eigenvalue weighted by Crippen LogP contribution is 2.50. The van der Waals surface area contributed by atoms with Crippen LogP contribution in [0.15, 0.2) is 48.5 Å². The number of methoxy groups -OCH3 is 1. The largest absolute Gasteiger partial charge is 0.362 e. The van der Waals surface area contributed by atoms with Gasteiger partial charge in [0.2, 0.25) is 0 Å². The first-order chi connectivity index (χ1) is 12.7. The van der Waals surface area contributed by atoms with Gasteiger partial charge in [-0.1, -0.05) is 30.3 Å². The maximum Gasteiger partial charge on any atom is 0.253 e. The third kappa shape index (κ3) is 3.86. The Hall–Kier alpha value is -1.95. The molecule has 6 heteroatoms. The van der Waals surface area contributed by atoms with E-state index in [1.807, 2.05) is 0 Å². The first kappa shape index (κ1) is 19.8. The van der Waals surface area contributed by atoms with Crippen LogP contribution in [0.1, 0.15) is 39.7 Å². The first-order valence-corrected chi connectivity index (χ1v) is 9.06. The lowest BCUT2D eigenvalue weighted by Crippen LogP contribution is -2.38. The summed E-state index contributed by atoms with van der Waals surface area (Å²) in [5.74, 6) is 0.660. The molecule has 0 saturated carbocycles. The fourth-order valence-corrected chi connectivity index (χ4v) is 4.49. The molecule has 1 fully saturated rings. The molecule has 2 N–H and O–H groups in total. The minimum absolute atomic E-state index is 0. The smallest absolute Gasteiger partial charge is 0.253 e. The normalized spacial score (nSPS) is 23.9. The summed E-state index contributed by atoms with van der Waals surface area (Å²) in [5, 5.41) is 6.39. The minimum Gasteiger partial charge on any atom is -0.362 e. The van der Waals surface area contributed by atoms with Crippen LogP contribution in [0.2, 0.25) is 0 Å². The van der Waals surface area contributed by atoms with Crippen molar-refractivity contribution in [3.63, 3.8) is 0 Å². The molecule has 1 aliphatic carbocycles. The zero-order valence-corrected chi connectivity index (χ0v) is 16.0. The number of fused-ring (bicyclic) bond motifs is 3. The monoisotopic (exact) mass is 390 g/mol. The first-order valence-electron chi connectivity index (χ1n) is 9.06. The molecule has 1 aliphatic heterocycles. The van der Waals surface area contributed by atoms with E-state index in [9.17, 15) is 9.18 Å². The number of amides is 1. The number of nitrogens with one attached hydrogen (secondary N) is 2. The Morgan fingerprint density at radius 2 is 2.00 bits per heavy atom. The van der Waals surface area contributed by atoms with Gasteiger partial charge < -0.3 is 15.4 Å². The Morgan fingerprint density at radius 1 is 1.22 bits per heavy atom. The van der Waals surface area contributed by atoms with Gasteiger partial charge in [0.25, 0.3) is 5.91 Å². The lowest BCUT2D eigenvalue weighted by Gasteiger charge is -2.25. The number of rotatable bonds is 5. The van der Waals surface area contributed by atoms with Gasteiger partial charge in [0.1, 0.15) is 12.0 Å². The van der Waals surface area contributed by atoms with Crippen molar-refractivity contribution < 1.29 is 13.9 Å². The molecule has 0 spiro atoms. The standard InChI is InChI=1S/C21H23FN2O2.ClH/c1-26-20(24-21(25)13-5-4-6-14(22)9-13)10-17-15-7-2-3-8-16(15)18-11-23-12-19(17)18;/h2-9,17-20,23H,10-12H2,1H3,(H,24,25);1H. The van der Waals surface area contributed by atoms with E-state index in [4.69, 9.17) is 4.74 Å². The summed E-state index contributed by atoms with van der Waals surface area (Å²) in [7, 11) is 1.60. The molecule has 0 radical (unpaired) electrons. The summed E-state index contributed by atoms with van der Waals surface area (Å²) in [5.41, 5.74) is 3.09. The zero-order valence-electron chi connectivity index (χ0n) is 15.2. The number of ether oxygens (including phenoxy) is 1. The number of carbonyl (C=O) groups is 1. The van der Waals surface area contributed by atoms with Gasteiger partial charge in [0.05, 0.1) is 0 Å². The fraction of sp³-hybridized carbons (Fsp3) is 0.381. The van der Waals surface area contributed by atoms with E-state index in [1.165, 1.54) is 29.3 Å². The van der Waals surface area contributed by atoms with Crippen LogP contribution in [-0.4, -0.2) is 32.3 Å². The molecule has 1 heterocycles. The molecule has 1 saturated heterocycles. The Labute approximate surface area is 164 Å². The van der Waals surface area contributed by atoms with E-state index in [0.717, 1.165) is 13.1 Å². The quantitative estimate of drug-likeness (QED) is 0.769. The van der Waals surface area contributed by atoms with Crippen LogP contribution in [0.5, 0.6) is 0 Å². The van der Waals surface area contributed by atoms with E-state index in [0.29, 0.717) is 29.7 Å². The molecule has 4 rings (SSSR count). The van der Waals surface area contributed by atoms with Crippen molar-refractivity contribution in [2.45, 2.75) is 24.5 Å². The number of carbonyl (C=O) groups excluding carboxylic acids is 1. The van der Waals surface area contributed by atoms with Crippen molar-refractivity contribution in [3.8, 4) is 0 Å². The van der Waals surface area contributed by atoms with Crippen LogP contribution in [0.25, 0.3) is 0 Å². The third-order valence-electron chi connectivity index (χ3n) is 5.70. The van der Waals surface area contributed by atoms with Crippen LogP contribution in [0.4, 0.5) is 4.39 Å². The Kier molecular flexibility index (Phi) is 6.15. The molecule has 4 nitrogen and oxygen atoms in total. The van der Waals surface area contributed by atoms with Crippen molar-refractivity contribution in [3.05, 3.63) is 71.0 Å². The summed E-state index contributed by atoms with van der Waals surface area (Å²) >= 11 is 0. The summed E-state index contributed by atoms with van der Waals surface area (Å²) in [6.45, 7) is 1.99. The minimum atomic E-state index is -0.420. The van der Waals surface area contributed by atoms with Crippen LogP contribution in [0.3, 0.4) is 0 Å². The summed E-state index contributed by atoms with van der Waals surface area (Å²) < 4.78 is 18.9. The second-order valence-electron chi connectivity index (χ2n) is 7.11. The average Bonchev–Trinajstić information content (AvgIpc) is 3.23. The molecule has 2 aliphatic rings. The molecular weight excluding hydrogens is 367 g/mol. The summed E-state index contributed by atoms with van der Waals surface area (Å²) in [6, 6.07) is 14.3. The van der Waals surface area contributed by atoms with Gasteiger partial charge in [0, 0.05) is 25.1 Å². The van der Waals surface area contributed by atoms with Crippen molar-refractivity contribution in [1.29, 1.82) is 0 Å². The molecule has 2 aromatic rings. The number of hydrogen-bond acceptors (Lipinski definition) is 3. The SMILES string of the molecule is COC(CC1c2ccccc2C2CNCC21)NC(=O)c1cccc(F)c1.Cl. The number of hydrogen-bond donors (Lipinski definition) is 2. The lowest BCUT2D eigenvalue weighted by molar-refractivity contribution is 0.0476. The molecule has 2 aromatic carbocycles. The zero-order chi connectivity index (χ0) is 18.1. The van der Waals surface area contributed by atoms with E-state index in [2.05, 4.69) is 34.9 Å². The van der Waals surface area contributed by atoms with E-state index >= 15 is 0 Å². The van der Waals surface area contributed by atoms with Crippen LogP contribution in [-0.2, 0) is 4.74 Å². The molecule has 144 valence electrons. The van der Waals surface area contributed by atoms with Crippen molar-refractivity contribution in [2.75, 3.05) is 20.2 Å². The van der Waals surface area contributed by atoms with Gasteiger partial charge in [-0.05, 0) is 54.1 Å². The second kappa shape index (κ2) is 8.38. The van der Waals surface area contributed by atoms with E-state index in [-0.39, 0.29) is 18.3 Å². The van der Waals surface area contributed by atoms with Crippen LogP contribution >= 0.6 is 12.4 Å². The Bertz CT molecular complexity index is 816. The van der Waals surface area contributed by atoms with E-state index in [1.54, 1.807) is 13.2 Å². The van der Waals surface area contributed by atoms with Gasteiger partial charge in [-0.3, -0.25) is 4.79 Å². The van der Waals surface area contributed by atoms with Crippen LogP contribution in [0, 0.1) is 11.7 Å². The summed E-state index contributed by atoms with van der Waals surface area (Å²) in [4.78, 5) is 12.4. The predicted octanol–water partition coefficient (Wildman–Crippen LogP) is 3.44. The maximum atomic E-state index is 13.4. The average molecular weight is 391 g/mol. The number of halogens is 2.